The van der Waals surface area contributed by atoms with Crippen molar-refractivity contribution in [3.8, 4) is 17.2 Å². The zero-order valence-electron chi connectivity index (χ0n) is 19.3. The number of methoxy groups -OCH3 is 3. The summed E-state index contributed by atoms with van der Waals surface area (Å²) in [5.41, 5.74) is 1.00. The topological polar surface area (TPSA) is 67.4 Å². The summed E-state index contributed by atoms with van der Waals surface area (Å²) in [4.78, 5) is 8.38. The smallest absolute Gasteiger partial charge is 0.191 e. The van der Waals surface area contributed by atoms with Gasteiger partial charge in [-0.25, -0.2) is 0 Å². The molecule has 1 aromatic heterocycles. The summed E-state index contributed by atoms with van der Waals surface area (Å²) >= 11 is 1.82. The first-order valence-corrected chi connectivity index (χ1v) is 11.6. The van der Waals surface area contributed by atoms with Gasteiger partial charge in [-0.05, 0) is 43.8 Å². The Kier molecular flexibility index (Phi) is 11.4. The lowest BCUT2D eigenvalue weighted by Crippen LogP contribution is -2.43. The van der Waals surface area contributed by atoms with E-state index in [1.54, 1.807) is 28.4 Å². The summed E-state index contributed by atoms with van der Waals surface area (Å²) in [7, 11) is 6.76. The van der Waals surface area contributed by atoms with Crippen LogP contribution in [-0.2, 0) is 6.42 Å². The molecule has 9 heteroatoms. The summed E-state index contributed by atoms with van der Waals surface area (Å²) in [6, 6.07) is 8.50. The fraction of sp³-hybridized carbons (Fsp3) is 0.522. The van der Waals surface area contributed by atoms with E-state index in [0.717, 1.165) is 49.1 Å². The summed E-state index contributed by atoms with van der Waals surface area (Å²) in [6.07, 6.45) is 3.29. The SMILES string of the molecule is CN=C(NCCc1c(OC)cc(OC)cc1OC)NCC(c1cccs1)N1CCCC1.I. The number of halogens is 1. The van der Waals surface area contributed by atoms with E-state index in [0.29, 0.717) is 18.3 Å². The highest BCUT2D eigenvalue weighted by molar-refractivity contribution is 14.0. The molecule has 0 aliphatic carbocycles. The highest BCUT2D eigenvalue weighted by Crippen LogP contribution is 2.34. The van der Waals surface area contributed by atoms with Crippen molar-refractivity contribution in [3.63, 3.8) is 0 Å². The van der Waals surface area contributed by atoms with E-state index >= 15 is 0 Å². The number of guanidine groups is 1. The largest absolute Gasteiger partial charge is 0.496 e. The van der Waals surface area contributed by atoms with E-state index in [-0.39, 0.29) is 24.0 Å². The predicted octanol–water partition coefficient (Wildman–Crippen LogP) is 3.94. The fourth-order valence-corrected chi connectivity index (χ4v) is 4.85. The number of ether oxygens (including phenoxy) is 3. The molecule has 1 atom stereocenters. The molecule has 1 saturated heterocycles. The average molecular weight is 575 g/mol. The van der Waals surface area contributed by atoms with Crippen molar-refractivity contribution in [2.45, 2.75) is 25.3 Å². The van der Waals surface area contributed by atoms with E-state index < -0.39 is 0 Å². The molecule has 1 aliphatic heterocycles. The molecule has 0 spiro atoms. The maximum atomic E-state index is 5.55. The minimum absolute atomic E-state index is 0. The van der Waals surface area contributed by atoms with Crippen LogP contribution >= 0.6 is 35.3 Å². The van der Waals surface area contributed by atoms with E-state index in [4.69, 9.17) is 14.2 Å². The maximum Gasteiger partial charge on any atom is 0.191 e. The number of benzene rings is 1. The average Bonchev–Trinajstić information content (AvgIpc) is 3.52. The highest BCUT2D eigenvalue weighted by atomic mass is 127. The van der Waals surface area contributed by atoms with Gasteiger partial charge in [0.25, 0.3) is 0 Å². The van der Waals surface area contributed by atoms with Crippen LogP contribution in [0.3, 0.4) is 0 Å². The molecule has 0 bridgehead atoms. The monoisotopic (exact) mass is 574 g/mol. The molecule has 178 valence electrons. The molecule has 32 heavy (non-hydrogen) atoms. The lowest BCUT2D eigenvalue weighted by atomic mass is 10.1. The second kappa shape index (κ2) is 13.7. The van der Waals surface area contributed by atoms with Crippen molar-refractivity contribution in [1.29, 1.82) is 0 Å². The van der Waals surface area contributed by atoms with Crippen LogP contribution in [0.1, 0.15) is 29.3 Å². The summed E-state index contributed by atoms with van der Waals surface area (Å²) < 4.78 is 16.4. The van der Waals surface area contributed by atoms with Crippen LogP contribution in [0.15, 0.2) is 34.6 Å². The number of rotatable bonds is 10. The first-order chi connectivity index (χ1) is 15.2. The van der Waals surface area contributed by atoms with E-state index in [9.17, 15) is 0 Å². The van der Waals surface area contributed by atoms with Gasteiger partial charge >= 0.3 is 0 Å². The third-order valence-corrected chi connectivity index (χ3v) is 6.60. The lowest BCUT2D eigenvalue weighted by Gasteiger charge is -2.27. The molecule has 1 fully saturated rings. The molecule has 0 amide bonds. The number of nitrogens with one attached hydrogen (secondary N) is 2. The van der Waals surface area contributed by atoms with Gasteiger partial charge < -0.3 is 24.8 Å². The summed E-state index contributed by atoms with van der Waals surface area (Å²) in [6.45, 7) is 3.85. The number of hydrogen-bond donors (Lipinski definition) is 2. The molecule has 2 N–H and O–H groups in total. The fourth-order valence-electron chi connectivity index (χ4n) is 3.99. The normalized spacial score (nSPS) is 15.1. The number of aliphatic imine (C=N–C) groups is 1. The number of nitrogens with zero attached hydrogens (tertiary/aromatic N) is 2. The zero-order chi connectivity index (χ0) is 22.1. The molecular weight excluding hydrogens is 539 g/mol. The standard InChI is InChI=1S/C23H34N4O3S.HI/c1-24-23(26-16-19(22-8-7-13-31-22)27-11-5-6-12-27)25-10-9-18-20(29-3)14-17(28-2)15-21(18)30-4;/h7-8,13-15,19H,5-6,9-12,16H2,1-4H3,(H2,24,25,26);1H. The first kappa shape index (κ1) is 26.5. The van der Waals surface area contributed by atoms with Crippen molar-refractivity contribution >= 4 is 41.3 Å². The Balaban J connectivity index is 0.00000363. The van der Waals surface area contributed by atoms with Gasteiger partial charge in [0.2, 0.25) is 0 Å². The Morgan fingerprint density at radius 1 is 1.09 bits per heavy atom. The first-order valence-electron chi connectivity index (χ1n) is 10.7. The van der Waals surface area contributed by atoms with E-state index in [1.807, 2.05) is 23.5 Å². The molecule has 7 nitrogen and oxygen atoms in total. The van der Waals surface area contributed by atoms with Crippen LogP contribution in [0, 0.1) is 0 Å². The third kappa shape index (κ3) is 6.89. The van der Waals surface area contributed by atoms with Crippen molar-refractivity contribution in [1.82, 2.24) is 15.5 Å². The minimum atomic E-state index is 0. The molecule has 1 aromatic carbocycles. The van der Waals surface area contributed by atoms with Gasteiger partial charge in [-0.1, -0.05) is 6.07 Å². The van der Waals surface area contributed by atoms with Crippen LogP contribution in [0.2, 0.25) is 0 Å². The quantitative estimate of drug-likeness (QED) is 0.255. The molecule has 2 heterocycles. The number of likely N-dealkylation sites (tertiary alicyclic amines) is 1. The van der Waals surface area contributed by atoms with Gasteiger partial charge in [-0.2, -0.15) is 0 Å². The Bertz CT molecular complexity index is 817. The Labute approximate surface area is 212 Å². The molecular formula is C23H35IN4O3S. The van der Waals surface area contributed by atoms with Crippen molar-refractivity contribution in [3.05, 3.63) is 40.1 Å². The van der Waals surface area contributed by atoms with Crippen LogP contribution in [0.4, 0.5) is 0 Å². The van der Waals surface area contributed by atoms with Gasteiger partial charge in [-0.3, -0.25) is 9.89 Å². The van der Waals surface area contributed by atoms with E-state index in [2.05, 4.69) is 38.0 Å². The van der Waals surface area contributed by atoms with Crippen molar-refractivity contribution in [2.24, 2.45) is 4.99 Å². The molecule has 0 saturated carbocycles. The summed E-state index contributed by atoms with van der Waals surface area (Å²) in [5, 5.41) is 9.09. The van der Waals surface area contributed by atoms with Gasteiger partial charge in [0.1, 0.15) is 17.2 Å². The predicted molar refractivity (Wildman–Crippen MR) is 142 cm³/mol. The molecule has 3 rings (SSSR count). The van der Waals surface area contributed by atoms with Crippen molar-refractivity contribution < 1.29 is 14.2 Å². The van der Waals surface area contributed by atoms with Gasteiger partial charge in [0.05, 0.1) is 27.4 Å². The van der Waals surface area contributed by atoms with Gasteiger partial charge in [-0.15, -0.1) is 35.3 Å². The summed E-state index contributed by atoms with van der Waals surface area (Å²) in [5.74, 6) is 3.03. The second-order valence-corrected chi connectivity index (χ2v) is 8.39. The van der Waals surface area contributed by atoms with Crippen LogP contribution in [0.5, 0.6) is 17.2 Å². The van der Waals surface area contributed by atoms with Crippen LogP contribution < -0.4 is 24.8 Å². The number of hydrogen-bond acceptors (Lipinski definition) is 6. The van der Waals surface area contributed by atoms with E-state index in [1.165, 1.54) is 17.7 Å². The Morgan fingerprint density at radius 3 is 2.31 bits per heavy atom. The Hall–Kier alpha value is -1.72. The zero-order valence-corrected chi connectivity index (χ0v) is 22.5. The third-order valence-electron chi connectivity index (χ3n) is 5.62. The number of thiophene rings is 1. The van der Waals surface area contributed by atoms with Crippen LogP contribution in [0.25, 0.3) is 0 Å². The highest BCUT2D eigenvalue weighted by Gasteiger charge is 2.24. The Morgan fingerprint density at radius 2 is 1.78 bits per heavy atom. The second-order valence-electron chi connectivity index (χ2n) is 7.41. The molecule has 1 aliphatic rings. The van der Waals surface area contributed by atoms with Crippen molar-refractivity contribution in [2.75, 3.05) is 54.6 Å². The maximum absolute atomic E-state index is 5.55. The molecule has 1 unspecified atom stereocenters. The minimum Gasteiger partial charge on any atom is -0.496 e. The lowest BCUT2D eigenvalue weighted by molar-refractivity contribution is 0.249. The molecule has 2 aromatic rings. The van der Waals surface area contributed by atoms with Crippen LogP contribution in [-0.4, -0.2) is 65.4 Å². The van der Waals surface area contributed by atoms with Gasteiger partial charge in [0.15, 0.2) is 5.96 Å². The molecule has 0 radical (unpaired) electrons. The van der Waals surface area contributed by atoms with Gasteiger partial charge in [0, 0.05) is 42.7 Å².